The maximum Gasteiger partial charge on any atom is 0.233 e. The Labute approximate surface area is 145 Å². The van der Waals surface area contributed by atoms with Crippen molar-refractivity contribution in [3.05, 3.63) is 34.9 Å². The van der Waals surface area contributed by atoms with E-state index >= 15 is 0 Å². The number of aliphatic hydroxyl groups is 1. The van der Waals surface area contributed by atoms with Gasteiger partial charge in [-0.3, -0.25) is 0 Å². The lowest BCUT2D eigenvalue weighted by molar-refractivity contribution is 0.0569. The number of aromatic nitrogens is 2. The number of hydrogen-bond donors (Lipinski definition) is 3. The molecule has 0 saturated heterocycles. The summed E-state index contributed by atoms with van der Waals surface area (Å²) >= 11 is 3.31. The van der Waals surface area contributed by atoms with Gasteiger partial charge in [-0.05, 0) is 54.0 Å². The molecule has 1 heterocycles. The predicted molar refractivity (Wildman–Crippen MR) is 91.8 cm³/mol. The van der Waals surface area contributed by atoms with Crippen LogP contribution < -0.4 is 15.2 Å². The van der Waals surface area contributed by atoms with Crippen LogP contribution in [0.4, 0.5) is 11.6 Å². The third kappa shape index (κ3) is 4.96. The Balaban J connectivity index is 2.15. The largest absolute Gasteiger partial charge is 0.471 e. The van der Waals surface area contributed by atoms with Gasteiger partial charge < -0.3 is 15.2 Å². The van der Waals surface area contributed by atoms with Crippen LogP contribution in [0.5, 0.6) is 5.88 Å². The summed E-state index contributed by atoms with van der Waals surface area (Å²) in [5, 5.41) is 17.8. The number of hydrogen-bond acceptors (Lipinski definition) is 6. The van der Waals surface area contributed by atoms with Crippen molar-refractivity contribution in [1.82, 2.24) is 9.97 Å². The number of nitrogens with two attached hydrogens (primary N) is 1. The first-order valence-corrected chi connectivity index (χ1v) is 8.78. The van der Waals surface area contributed by atoms with Crippen molar-refractivity contribution < 1.29 is 14.1 Å². The summed E-state index contributed by atoms with van der Waals surface area (Å²) in [7, 11) is -1.51. The van der Waals surface area contributed by atoms with E-state index in [1.807, 2.05) is 0 Å². The number of anilines is 2. The number of nitrogens with zero attached hydrogens (tertiary/aromatic N) is 2. The molecule has 0 aliphatic carbocycles. The summed E-state index contributed by atoms with van der Waals surface area (Å²) < 4.78 is 17.3. The highest BCUT2D eigenvalue weighted by atomic mass is 79.9. The fourth-order valence-corrected chi connectivity index (χ4v) is 2.26. The molecule has 0 bridgehead atoms. The van der Waals surface area contributed by atoms with E-state index in [1.54, 1.807) is 44.3 Å². The number of halogens is 1. The van der Waals surface area contributed by atoms with Gasteiger partial charge in [-0.1, -0.05) is 0 Å². The number of aliphatic hydroxyl groups excluding tert-OH is 1. The molecule has 0 radical (unpaired) electrons. The molecule has 1 aromatic carbocycles. The first-order valence-electron chi connectivity index (χ1n) is 6.77. The fraction of sp³-hybridized carbons (Fsp3) is 0.286. The number of nitrogens with one attached hydrogen (secondary N) is 1. The Kier molecular flexibility index (Phi) is 6.05. The molecule has 1 unspecified atom stereocenters. The molecule has 0 spiro atoms. The Hall–Kier alpha value is -1.55. The van der Waals surface area contributed by atoms with Crippen molar-refractivity contribution in [1.29, 1.82) is 0 Å². The van der Waals surface area contributed by atoms with E-state index in [0.717, 1.165) is 5.69 Å². The zero-order chi connectivity index (χ0) is 17.0. The lowest BCUT2D eigenvalue weighted by atomic mass is 10.3. The van der Waals surface area contributed by atoms with Crippen LogP contribution in [0.25, 0.3) is 0 Å². The summed E-state index contributed by atoms with van der Waals surface area (Å²) in [6, 6.07) is 6.77. The summed E-state index contributed by atoms with van der Waals surface area (Å²) in [4.78, 5) is 8.94. The molecule has 0 saturated carbocycles. The molecule has 7 nitrogen and oxygen atoms in total. The van der Waals surface area contributed by atoms with Crippen molar-refractivity contribution in [2.75, 3.05) is 5.32 Å². The predicted octanol–water partition coefficient (Wildman–Crippen LogP) is 2.11. The SMILES string of the molecule is C[C@@H](O)[C@@H](C)Oc1nc(Nc2ccc(S(N)=O)cc2)ncc1Br. The van der Waals surface area contributed by atoms with Crippen LogP contribution in [0.1, 0.15) is 13.8 Å². The number of ether oxygens (including phenoxy) is 1. The summed E-state index contributed by atoms with van der Waals surface area (Å²) in [5.74, 6) is 0.665. The number of benzene rings is 1. The standard InChI is InChI=1S/C14H17BrN4O3S/c1-8(20)9(2)22-13-12(15)7-17-14(19-13)18-10-3-5-11(6-4-10)23(16)21/h3-9,20H,16H2,1-2H3,(H,17,18,19)/t8-,9-,23?/m1/s1. The molecule has 9 heteroatoms. The molecule has 2 rings (SSSR count). The molecular weight excluding hydrogens is 384 g/mol. The summed E-state index contributed by atoms with van der Waals surface area (Å²) in [6.07, 6.45) is 0.522. The fourth-order valence-electron chi connectivity index (χ4n) is 1.57. The highest BCUT2D eigenvalue weighted by Gasteiger charge is 2.14. The lowest BCUT2D eigenvalue weighted by Crippen LogP contribution is -2.26. The minimum atomic E-state index is -1.51. The third-order valence-electron chi connectivity index (χ3n) is 3.03. The van der Waals surface area contributed by atoms with Crippen LogP contribution >= 0.6 is 15.9 Å². The summed E-state index contributed by atoms with van der Waals surface area (Å²) in [5.41, 5.74) is 0.719. The Morgan fingerprint density at radius 3 is 2.57 bits per heavy atom. The van der Waals surface area contributed by atoms with Crippen LogP contribution in [-0.2, 0) is 11.0 Å². The van der Waals surface area contributed by atoms with E-state index in [4.69, 9.17) is 9.88 Å². The smallest absolute Gasteiger partial charge is 0.233 e. The van der Waals surface area contributed by atoms with Gasteiger partial charge in [0.05, 0.1) is 21.7 Å². The van der Waals surface area contributed by atoms with E-state index in [9.17, 15) is 9.32 Å². The van der Waals surface area contributed by atoms with Gasteiger partial charge in [0.1, 0.15) is 17.1 Å². The molecule has 2 aromatic rings. The van der Waals surface area contributed by atoms with E-state index < -0.39 is 23.2 Å². The zero-order valence-corrected chi connectivity index (χ0v) is 15.0. The average molecular weight is 401 g/mol. The molecular formula is C14H17BrN4O3S. The minimum absolute atomic E-state index is 0.329. The summed E-state index contributed by atoms with van der Waals surface area (Å²) in [6.45, 7) is 3.39. The molecule has 1 aromatic heterocycles. The topological polar surface area (TPSA) is 110 Å². The molecule has 4 N–H and O–H groups in total. The molecule has 23 heavy (non-hydrogen) atoms. The molecule has 0 aliphatic rings. The van der Waals surface area contributed by atoms with Crippen LogP contribution in [0.15, 0.2) is 39.8 Å². The van der Waals surface area contributed by atoms with Crippen LogP contribution in [0.2, 0.25) is 0 Å². The van der Waals surface area contributed by atoms with Crippen molar-refractivity contribution in [2.45, 2.75) is 31.0 Å². The van der Waals surface area contributed by atoms with Crippen LogP contribution in [-0.4, -0.2) is 31.5 Å². The molecule has 0 amide bonds. The Morgan fingerprint density at radius 2 is 2.00 bits per heavy atom. The quantitative estimate of drug-likeness (QED) is 0.684. The second kappa shape index (κ2) is 7.82. The molecule has 3 atom stereocenters. The highest BCUT2D eigenvalue weighted by molar-refractivity contribution is 9.10. The van der Waals surface area contributed by atoms with Crippen LogP contribution in [0.3, 0.4) is 0 Å². The third-order valence-corrected chi connectivity index (χ3v) is 4.31. The maximum atomic E-state index is 11.2. The van der Waals surface area contributed by atoms with Gasteiger partial charge in [0.15, 0.2) is 0 Å². The lowest BCUT2D eigenvalue weighted by Gasteiger charge is -2.17. The van der Waals surface area contributed by atoms with Gasteiger partial charge in [0.25, 0.3) is 0 Å². The average Bonchev–Trinajstić information content (AvgIpc) is 2.51. The van der Waals surface area contributed by atoms with Gasteiger partial charge in [-0.2, -0.15) is 4.98 Å². The Morgan fingerprint density at radius 1 is 1.35 bits per heavy atom. The number of rotatable bonds is 6. The minimum Gasteiger partial charge on any atom is -0.471 e. The van der Waals surface area contributed by atoms with E-state index in [-0.39, 0.29) is 0 Å². The second-order valence-electron chi connectivity index (χ2n) is 4.86. The van der Waals surface area contributed by atoms with Gasteiger partial charge in [0.2, 0.25) is 11.8 Å². The van der Waals surface area contributed by atoms with E-state index in [0.29, 0.717) is 21.2 Å². The zero-order valence-electron chi connectivity index (χ0n) is 12.6. The molecule has 0 fully saturated rings. The second-order valence-corrected chi connectivity index (χ2v) is 6.78. The first kappa shape index (κ1) is 17.8. The van der Waals surface area contributed by atoms with E-state index in [1.165, 1.54) is 0 Å². The van der Waals surface area contributed by atoms with Gasteiger partial charge in [-0.25, -0.2) is 14.3 Å². The maximum absolute atomic E-state index is 11.2. The monoisotopic (exact) mass is 400 g/mol. The highest BCUT2D eigenvalue weighted by Crippen LogP contribution is 2.25. The normalized spacial score (nSPS) is 14.8. The Bertz CT molecular complexity index is 697. The van der Waals surface area contributed by atoms with Crippen molar-refractivity contribution in [3.8, 4) is 5.88 Å². The van der Waals surface area contributed by atoms with Crippen molar-refractivity contribution >= 4 is 38.6 Å². The van der Waals surface area contributed by atoms with Gasteiger partial charge >= 0.3 is 0 Å². The van der Waals surface area contributed by atoms with Gasteiger partial charge in [0, 0.05) is 5.69 Å². The first-order chi connectivity index (χ1) is 10.9. The van der Waals surface area contributed by atoms with Crippen molar-refractivity contribution in [3.63, 3.8) is 0 Å². The molecule has 124 valence electrons. The van der Waals surface area contributed by atoms with Crippen LogP contribution in [0, 0.1) is 0 Å². The molecule has 0 aliphatic heterocycles. The van der Waals surface area contributed by atoms with E-state index in [2.05, 4.69) is 31.2 Å². The van der Waals surface area contributed by atoms with Crippen molar-refractivity contribution in [2.24, 2.45) is 5.14 Å². The van der Waals surface area contributed by atoms with Gasteiger partial charge in [-0.15, -0.1) is 0 Å².